The van der Waals surface area contributed by atoms with Crippen LogP contribution in [0, 0.1) is 5.92 Å². The van der Waals surface area contributed by atoms with Crippen molar-refractivity contribution in [1.82, 2.24) is 4.90 Å². The molecule has 2 aliphatic rings. The fraction of sp³-hybridized carbons (Fsp3) is 1.00. The Hall–Kier alpha value is -0.160. The Balaban J connectivity index is 1.78. The lowest BCUT2D eigenvalue weighted by atomic mass is 10.1. The standard InChI is InChI=1S/C8H15NO3/c10-4-6-1-9(3-8(6)11)2-7-5-12-7/h6-8,10-11H,1-5H2/t6?,7-,8?/m1/s1. The summed E-state index contributed by atoms with van der Waals surface area (Å²) in [5.74, 6) is 0.0451. The number of epoxide rings is 1. The van der Waals surface area contributed by atoms with E-state index in [1.54, 1.807) is 0 Å². The maximum atomic E-state index is 9.45. The molecule has 12 heavy (non-hydrogen) atoms. The smallest absolute Gasteiger partial charge is 0.0936 e. The molecule has 0 amide bonds. The number of nitrogens with zero attached hydrogens (tertiary/aromatic N) is 1. The summed E-state index contributed by atoms with van der Waals surface area (Å²) in [6.45, 7) is 3.34. The summed E-state index contributed by atoms with van der Waals surface area (Å²) >= 11 is 0. The fourth-order valence-electron chi connectivity index (χ4n) is 1.73. The molecule has 2 rings (SSSR count). The van der Waals surface area contributed by atoms with Gasteiger partial charge < -0.3 is 14.9 Å². The molecule has 3 atom stereocenters. The van der Waals surface area contributed by atoms with Crippen LogP contribution in [0.15, 0.2) is 0 Å². The second kappa shape index (κ2) is 3.30. The van der Waals surface area contributed by atoms with E-state index in [9.17, 15) is 5.11 Å². The van der Waals surface area contributed by atoms with E-state index >= 15 is 0 Å². The van der Waals surface area contributed by atoms with Gasteiger partial charge in [0.15, 0.2) is 0 Å². The highest BCUT2D eigenvalue weighted by Gasteiger charge is 2.34. The van der Waals surface area contributed by atoms with E-state index in [0.29, 0.717) is 12.6 Å². The molecule has 2 saturated heterocycles. The first kappa shape index (κ1) is 8.44. The minimum Gasteiger partial charge on any atom is -0.396 e. The van der Waals surface area contributed by atoms with E-state index in [-0.39, 0.29) is 18.6 Å². The highest BCUT2D eigenvalue weighted by molar-refractivity contribution is 4.86. The SMILES string of the molecule is OCC1CN(C[C@@H]2CO2)CC1O. The van der Waals surface area contributed by atoms with Crippen molar-refractivity contribution in [2.75, 3.05) is 32.8 Å². The number of aliphatic hydroxyl groups is 2. The van der Waals surface area contributed by atoms with Gasteiger partial charge in [0, 0.05) is 32.2 Å². The third-order valence-electron chi connectivity index (χ3n) is 2.58. The van der Waals surface area contributed by atoms with E-state index < -0.39 is 0 Å². The summed E-state index contributed by atoms with van der Waals surface area (Å²) in [5, 5.41) is 18.3. The monoisotopic (exact) mass is 173 g/mol. The lowest BCUT2D eigenvalue weighted by molar-refractivity contribution is 0.103. The minimum atomic E-state index is -0.353. The topological polar surface area (TPSA) is 56.2 Å². The Morgan fingerprint density at radius 2 is 2.17 bits per heavy atom. The van der Waals surface area contributed by atoms with Crippen LogP contribution in [0.25, 0.3) is 0 Å². The van der Waals surface area contributed by atoms with Gasteiger partial charge in [0.25, 0.3) is 0 Å². The van der Waals surface area contributed by atoms with Gasteiger partial charge in [-0.3, -0.25) is 4.90 Å². The molecule has 0 saturated carbocycles. The van der Waals surface area contributed by atoms with Crippen molar-refractivity contribution in [1.29, 1.82) is 0 Å². The lowest BCUT2D eigenvalue weighted by Gasteiger charge is -2.12. The second-order valence-corrected chi connectivity index (χ2v) is 3.68. The number of aliphatic hydroxyl groups excluding tert-OH is 2. The summed E-state index contributed by atoms with van der Waals surface area (Å²) < 4.78 is 5.09. The Morgan fingerprint density at radius 3 is 2.67 bits per heavy atom. The molecule has 2 fully saturated rings. The quantitative estimate of drug-likeness (QED) is 0.519. The summed E-state index contributed by atoms with van der Waals surface area (Å²) in [6.07, 6.45) is 0.0309. The van der Waals surface area contributed by atoms with Crippen LogP contribution in [-0.2, 0) is 4.74 Å². The van der Waals surface area contributed by atoms with Crippen molar-refractivity contribution >= 4 is 0 Å². The molecule has 2 N–H and O–H groups in total. The predicted molar refractivity (Wildman–Crippen MR) is 42.8 cm³/mol. The molecule has 0 aromatic rings. The van der Waals surface area contributed by atoms with Crippen LogP contribution in [0.2, 0.25) is 0 Å². The summed E-state index contributed by atoms with van der Waals surface area (Å²) in [4.78, 5) is 2.16. The van der Waals surface area contributed by atoms with Crippen molar-refractivity contribution in [2.24, 2.45) is 5.92 Å². The molecule has 2 heterocycles. The summed E-state index contributed by atoms with van der Waals surface area (Å²) in [7, 11) is 0. The van der Waals surface area contributed by atoms with Gasteiger partial charge in [-0.1, -0.05) is 0 Å². The van der Waals surface area contributed by atoms with Crippen molar-refractivity contribution in [2.45, 2.75) is 12.2 Å². The molecule has 70 valence electrons. The van der Waals surface area contributed by atoms with Crippen molar-refractivity contribution in [3.63, 3.8) is 0 Å². The van der Waals surface area contributed by atoms with Crippen LogP contribution in [0.3, 0.4) is 0 Å². The van der Waals surface area contributed by atoms with Crippen LogP contribution in [0.4, 0.5) is 0 Å². The van der Waals surface area contributed by atoms with E-state index in [1.165, 1.54) is 0 Å². The van der Waals surface area contributed by atoms with Crippen molar-refractivity contribution in [3.8, 4) is 0 Å². The Kier molecular flexibility index (Phi) is 2.32. The number of hydrogen-bond donors (Lipinski definition) is 2. The average Bonchev–Trinajstić information content (AvgIpc) is 2.76. The molecule has 4 nitrogen and oxygen atoms in total. The first-order valence-electron chi connectivity index (χ1n) is 4.42. The molecule has 0 aliphatic carbocycles. The first-order valence-corrected chi connectivity index (χ1v) is 4.42. The maximum Gasteiger partial charge on any atom is 0.0936 e. The van der Waals surface area contributed by atoms with Gasteiger partial charge in [0.2, 0.25) is 0 Å². The van der Waals surface area contributed by atoms with Gasteiger partial charge in [-0.15, -0.1) is 0 Å². The van der Waals surface area contributed by atoms with Crippen molar-refractivity contribution in [3.05, 3.63) is 0 Å². The number of hydrogen-bond acceptors (Lipinski definition) is 4. The second-order valence-electron chi connectivity index (χ2n) is 3.68. The van der Waals surface area contributed by atoms with Gasteiger partial charge in [-0.05, 0) is 0 Å². The number of ether oxygens (including phenoxy) is 1. The molecule has 4 heteroatoms. The van der Waals surface area contributed by atoms with Crippen LogP contribution in [0.5, 0.6) is 0 Å². The fourth-order valence-corrected chi connectivity index (χ4v) is 1.73. The molecule has 2 unspecified atom stereocenters. The molecule has 0 aromatic heterocycles. The Bertz CT molecular complexity index is 160. The van der Waals surface area contributed by atoms with Gasteiger partial charge in [0.05, 0.1) is 18.8 Å². The van der Waals surface area contributed by atoms with E-state index in [0.717, 1.165) is 19.7 Å². The van der Waals surface area contributed by atoms with Crippen molar-refractivity contribution < 1.29 is 14.9 Å². The zero-order valence-corrected chi connectivity index (χ0v) is 7.02. The largest absolute Gasteiger partial charge is 0.396 e. The molecular weight excluding hydrogens is 158 g/mol. The molecule has 0 bridgehead atoms. The van der Waals surface area contributed by atoms with Gasteiger partial charge in [-0.2, -0.15) is 0 Å². The highest BCUT2D eigenvalue weighted by atomic mass is 16.6. The average molecular weight is 173 g/mol. The van der Waals surface area contributed by atoms with Crippen LogP contribution in [0.1, 0.15) is 0 Å². The van der Waals surface area contributed by atoms with Crippen LogP contribution in [-0.4, -0.2) is 60.2 Å². The highest BCUT2D eigenvalue weighted by Crippen LogP contribution is 2.19. The van der Waals surface area contributed by atoms with E-state index in [2.05, 4.69) is 4.90 Å². The number of rotatable bonds is 3. The normalized spacial score (nSPS) is 42.0. The number of β-amino-alcohol motifs (C(OH)–C–C–N with tert-alkyl or cyclic N) is 1. The van der Waals surface area contributed by atoms with Gasteiger partial charge in [-0.25, -0.2) is 0 Å². The summed E-state index contributed by atoms with van der Waals surface area (Å²) in [5.41, 5.74) is 0. The van der Waals surface area contributed by atoms with Gasteiger partial charge in [0.1, 0.15) is 0 Å². The predicted octanol–water partition coefficient (Wildman–Crippen LogP) is -1.33. The molecular formula is C8H15NO3. The van der Waals surface area contributed by atoms with E-state index in [4.69, 9.17) is 9.84 Å². The Labute approximate surface area is 71.7 Å². The first-order chi connectivity index (χ1) is 5.79. The minimum absolute atomic E-state index is 0.0451. The molecule has 2 aliphatic heterocycles. The number of likely N-dealkylation sites (tertiary alicyclic amines) is 1. The van der Waals surface area contributed by atoms with Gasteiger partial charge >= 0.3 is 0 Å². The maximum absolute atomic E-state index is 9.45. The summed E-state index contributed by atoms with van der Waals surface area (Å²) in [6, 6.07) is 0. The zero-order chi connectivity index (χ0) is 8.55. The van der Waals surface area contributed by atoms with Crippen LogP contribution < -0.4 is 0 Å². The molecule has 0 spiro atoms. The molecule has 0 radical (unpaired) electrons. The molecule has 0 aromatic carbocycles. The van der Waals surface area contributed by atoms with Crippen LogP contribution >= 0.6 is 0 Å². The third kappa shape index (κ3) is 1.77. The Morgan fingerprint density at radius 1 is 1.42 bits per heavy atom. The zero-order valence-electron chi connectivity index (χ0n) is 7.02. The van der Waals surface area contributed by atoms with E-state index in [1.807, 2.05) is 0 Å². The third-order valence-corrected chi connectivity index (χ3v) is 2.58. The lowest BCUT2D eigenvalue weighted by Crippen LogP contribution is -2.26.